The summed E-state index contributed by atoms with van der Waals surface area (Å²) < 4.78 is 47.1. The molecule has 7 fully saturated rings. The number of rotatable bonds is 16. The van der Waals surface area contributed by atoms with E-state index in [-0.39, 0.29) is 47.5 Å². The Morgan fingerprint density at radius 1 is 0.680 bits per heavy atom. The minimum Gasteiger partial charge on any atom is -0.394 e. The van der Waals surface area contributed by atoms with Crippen LogP contribution in [0.4, 0.5) is 0 Å². The van der Waals surface area contributed by atoms with E-state index < -0.39 is 165 Å². The molecule has 0 radical (unpaired) electrons. The van der Waals surface area contributed by atoms with Crippen molar-refractivity contribution in [1.82, 2.24) is 0 Å². The molecule has 4 saturated heterocycles. The zero-order valence-electron chi connectivity index (χ0n) is 44.7. The van der Waals surface area contributed by atoms with Crippen molar-refractivity contribution in [2.75, 3.05) is 26.4 Å². The van der Waals surface area contributed by atoms with Gasteiger partial charge in [-0.05, 0) is 99.7 Å². The highest BCUT2D eigenvalue weighted by atomic mass is 16.7. The van der Waals surface area contributed by atoms with Gasteiger partial charge in [-0.15, -0.1) is 0 Å². The minimum atomic E-state index is -1.70. The number of aliphatic hydroxyl groups is 14. The van der Waals surface area contributed by atoms with Gasteiger partial charge in [0.1, 0.15) is 73.2 Å². The normalized spacial score (nSPS) is 51.0. The third-order valence-corrected chi connectivity index (χ3v) is 20.3. The Morgan fingerprint density at radius 2 is 1.31 bits per heavy atom. The molecule has 0 spiro atoms. The van der Waals surface area contributed by atoms with Crippen molar-refractivity contribution in [2.45, 2.75) is 248 Å². The largest absolute Gasteiger partial charge is 0.394 e. The topological polar surface area (TPSA) is 357 Å². The summed E-state index contributed by atoms with van der Waals surface area (Å²) in [4.78, 5) is 0. The molecule has 0 bridgehead atoms. The van der Waals surface area contributed by atoms with E-state index in [2.05, 4.69) is 47.6 Å². The lowest BCUT2D eigenvalue weighted by Gasteiger charge is -2.67. The van der Waals surface area contributed by atoms with Crippen LogP contribution in [-0.4, -0.2) is 232 Å². The van der Waals surface area contributed by atoms with Crippen molar-refractivity contribution in [3.05, 3.63) is 11.6 Å². The Morgan fingerprint density at radius 3 is 1.96 bits per heavy atom. The minimum absolute atomic E-state index is 0.00404. The number of aliphatic hydroxyl groups excluding tert-OH is 13. The summed E-state index contributed by atoms with van der Waals surface area (Å²) in [6.07, 6.45) is -20.1. The lowest BCUT2D eigenvalue weighted by atomic mass is 9.38. The predicted octanol–water partition coefficient (Wildman–Crippen LogP) is -1.56. The molecule has 4 aliphatic heterocycles. The second kappa shape index (κ2) is 22.7. The van der Waals surface area contributed by atoms with Gasteiger partial charge in [0.2, 0.25) is 0 Å². The van der Waals surface area contributed by atoms with Crippen LogP contribution in [0, 0.1) is 45.3 Å². The first-order chi connectivity index (χ1) is 35.0. The van der Waals surface area contributed by atoms with Crippen molar-refractivity contribution < 1.29 is 109 Å². The van der Waals surface area contributed by atoms with Gasteiger partial charge in [-0.25, -0.2) is 0 Å². The zero-order valence-corrected chi connectivity index (χ0v) is 44.7. The van der Waals surface area contributed by atoms with Crippen molar-refractivity contribution in [1.29, 1.82) is 0 Å². The molecule has 75 heavy (non-hydrogen) atoms. The van der Waals surface area contributed by atoms with Gasteiger partial charge in [0.25, 0.3) is 0 Å². The standard InChI is InChI=1S/C53H90O22/c1-23(9-13-35(50(4,5)67)75-46-42(64)39(61)31(22-69-46)72-47-36(58)28(56)17-24(19-54)70-47)25-15-16-51(6)32-12-10-26-27(53(32,8)33(57)18-52(25,51)7)11-14-34(49(26,2)3)74-48-44(66)41(63)38(60)30(73-48)21-68-45-43(65)40(62)37(59)29(20-55)71-45/h10,23-25,27-48,54-67H,9,11-22H2,1-8H3/t23-,24-,25?,27-,28-,29-,30-,31-,32?,33-,34+,35-,36+,37-,38-,39+,40+,41+,42-,43-,44-,45-,46+,47-,48+,51+,52-,53+/m1/s1. The van der Waals surface area contributed by atoms with Crippen LogP contribution in [0.1, 0.15) is 113 Å². The highest BCUT2D eigenvalue weighted by molar-refractivity contribution is 5.32. The highest BCUT2D eigenvalue weighted by Crippen LogP contribution is 2.75. The molecule has 4 aliphatic carbocycles. The van der Waals surface area contributed by atoms with Gasteiger partial charge in [-0.2, -0.15) is 0 Å². The molecule has 14 N–H and O–H groups in total. The van der Waals surface area contributed by atoms with Crippen LogP contribution in [0.3, 0.4) is 0 Å². The van der Waals surface area contributed by atoms with Crippen molar-refractivity contribution in [3.63, 3.8) is 0 Å². The Bertz CT molecular complexity index is 1940. The van der Waals surface area contributed by atoms with Crippen LogP contribution < -0.4 is 0 Å². The van der Waals surface area contributed by atoms with E-state index in [0.29, 0.717) is 32.1 Å². The summed E-state index contributed by atoms with van der Waals surface area (Å²) in [6.45, 7) is 14.8. The molecule has 0 aromatic heterocycles. The molecule has 22 nitrogen and oxygen atoms in total. The summed E-state index contributed by atoms with van der Waals surface area (Å²) in [5.74, 6) is 0.493. The molecule has 2 unspecified atom stereocenters. The first kappa shape index (κ1) is 60.0. The van der Waals surface area contributed by atoms with Gasteiger partial charge in [0.15, 0.2) is 25.2 Å². The maximum Gasteiger partial charge on any atom is 0.187 e. The third kappa shape index (κ3) is 10.8. The Kier molecular flexibility index (Phi) is 18.1. The van der Waals surface area contributed by atoms with Crippen LogP contribution in [0.25, 0.3) is 0 Å². The predicted molar refractivity (Wildman–Crippen MR) is 260 cm³/mol. The van der Waals surface area contributed by atoms with E-state index in [1.807, 2.05) is 0 Å². The van der Waals surface area contributed by atoms with Gasteiger partial charge in [-0.3, -0.25) is 0 Å². The molecule has 8 aliphatic rings. The molecular weight excluding hydrogens is 989 g/mol. The maximum absolute atomic E-state index is 12.7. The average Bonchev–Trinajstić information content (AvgIpc) is 3.63. The summed E-state index contributed by atoms with van der Waals surface area (Å²) in [6, 6.07) is 0. The number of allylic oxidation sites excluding steroid dienone is 1. The number of hydrogen-bond acceptors (Lipinski definition) is 22. The van der Waals surface area contributed by atoms with E-state index in [1.54, 1.807) is 13.8 Å². The Hall–Kier alpha value is -1.14. The molecule has 0 aromatic rings. The molecule has 22 heteroatoms. The Labute approximate surface area is 439 Å². The second-order valence-electron chi connectivity index (χ2n) is 25.3. The van der Waals surface area contributed by atoms with Crippen LogP contribution >= 0.6 is 0 Å². The molecule has 3 saturated carbocycles. The summed E-state index contributed by atoms with van der Waals surface area (Å²) >= 11 is 0. The van der Waals surface area contributed by atoms with Gasteiger partial charge in [0, 0.05) is 17.3 Å². The third-order valence-electron chi connectivity index (χ3n) is 20.3. The van der Waals surface area contributed by atoms with E-state index in [4.69, 9.17) is 37.9 Å². The average molecular weight is 1080 g/mol. The van der Waals surface area contributed by atoms with Gasteiger partial charge in [0.05, 0.1) is 62.5 Å². The fraction of sp³-hybridized carbons (Fsp3) is 0.962. The van der Waals surface area contributed by atoms with Crippen LogP contribution in [0.2, 0.25) is 0 Å². The lowest BCUT2D eigenvalue weighted by Crippen LogP contribution is -2.65. The van der Waals surface area contributed by atoms with Gasteiger partial charge >= 0.3 is 0 Å². The van der Waals surface area contributed by atoms with E-state index in [0.717, 1.165) is 24.8 Å². The quantitative estimate of drug-likeness (QED) is 0.0777. The van der Waals surface area contributed by atoms with E-state index in [1.165, 1.54) is 0 Å². The first-order valence-corrected chi connectivity index (χ1v) is 27.3. The number of hydrogen-bond donors (Lipinski definition) is 14. The van der Waals surface area contributed by atoms with Crippen LogP contribution in [0.5, 0.6) is 0 Å². The highest BCUT2D eigenvalue weighted by Gasteiger charge is 2.70. The van der Waals surface area contributed by atoms with E-state index >= 15 is 0 Å². The molecule has 4 heterocycles. The Balaban J connectivity index is 0.900. The molecule has 28 atom stereocenters. The molecular formula is C53H90O22. The smallest absolute Gasteiger partial charge is 0.187 e. The van der Waals surface area contributed by atoms with Crippen molar-refractivity contribution >= 4 is 0 Å². The molecule has 8 rings (SSSR count). The van der Waals surface area contributed by atoms with Crippen LogP contribution in [-0.2, 0) is 37.9 Å². The van der Waals surface area contributed by atoms with Crippen molar-refractivity contribution in [3.8, 4) is 0 Å². The zero-order chi connectivity index (χ0) is 55.1. The van der Waals surface area contributed by atoms with Gasteiger partial charge in [-0.1, -0.05) is 53.2 Å². The lowest BCUT2D eigenvalue weighted by molar-refractivity contribution is -0.340. The number of fused-ring (bicyclic) bond motifs is 5. The molecule has 0 amide bonds. The summed E-state index contributed by atoms with van der Waals surface area (Å²) in [5, 5.41) is 150. The van der Waals surface area contributed by atoms with Crippen LogP contribution in [0.15, 0.2) is 11.6 Å². The monoisotopic (exact) mass is 1080 g/mol. The SMILES string of the molecule is C[C@H](CC[C@@H](O[C@@H]1OC[C@@H](O[C@H]2O[C@@H](CO)C[C@@H](O)[C@@H]2O)[C@H](O)[C@H]1O)C(C)(C)O)C1CC[C@@]2(C)C3CC=C4[C@@H](CC[C@H](O[C@@H]5O[C@H](CO[C@@H]6O[C@H](CO)[C@@H](O)[C@H](O)[C@H]6O)[C@@H](O)[C@H](O)[C@H]5O)C4(C)C)[C@]3(C)[C@H](O)C[C@]12C. The summed E-state index contributed by atoms with van der Waals surface area (Å²) in [7, 11) is 0. The maximum atomic E-state index is 12.7. The molecule has 0 aromatic carbocycles. The first-order valence-electron chi connectivity index (χ1n) is 27.3. The second-order valence-corrected chi connectivity index (χ2v) is 25.3. The molecule has 434 valence electrons. The van der Waals surface area contributed by atoms with Gasteiger partial charge < -0.3 is 109 Å². The fourth-order valence-electron chi connectivity index (χ4n) is 15.3. The number of ether oxygens (including phenoxy) is 8. The van der Waals surface area contributed by atoms with E-state index in [9.17, 15) is 71.5 Å². The van der Waals surface area contributed by atoms with Crippen molar-refractivity contribution in [2.24, 2.45) is 45.3 Å². The summed E-state index contributed by atoms with van der Waals surface area (Å²) in [5.41, 5.74) is -1.74. The fourth-order valence-corrected chi connectivity index (χ4v) is 15.3.